The van der Waals surface area contributed by atoms with Gasteiger partial charge in [-0.25, -0.2) is 23.2 Å². The molecule has 1 fully saturated rings. The smallest absolute Gasteiger partial charge is 0.480 e. The Balaban J connectivity index is 0.000000771. The van der Waals surface area contributed by atoms with Crippen molar-refractivity contribution in [3.63, 3.8) is 0 Å². The summed E-state index contributed by atoms with van der Waals surface area (Å²) in [6, 6.07) is 10.0. The predicted octanol–water partition coefficient (Wildman–Crippen LogP) is 7.60. The number of carbonyl (C=O) groups excluding carboxylic acids is 2. The number of amides is 3. The van der Waals surface area contributed by atoms with Crippen molar-refractivity contribution < 1.29 is 51.3 Å². The summed E-state index contributed by atoms with van der Waals surface area (Å²) < 4.78 is 59.2. The van der Waals surface area contributed by atoms with Gasteiger partial charge in [0.15, 0.2) is 11.6 Å². The molecule has 3 aromatic carbocycles. The van der Waals surface area contributed by atoms with E-state index in [1.54, 1.807) is 0 Å². The molecule has 1 atom stereocenters. The molecule has 0 spiro atoms. The Hall–Kier alpha value is -5.01. The number of benzene rings is 3. The molecule has 0 aromatic heterocycles. The van der Waals surface area contributed by atoms with Crippen LogP contribution >= 0.6 is 0 Å². The van der Waals surface area contributed by atoms with Gasteiger partial charge < -0.3 is 26.2 Å². The van der Waals surface area contributed by atoms with E-state index in [2.05, 4.69) is 16.0 Å². The number of aliphatic carboxylic acids is 2. The molecule has 4 rings (SSSR count). The number of nitrogens with one attached hydrogen (secondary N) is 3. The summed E-state index contributed by atoms with van der Waals surface area (Å²) in [6.07, 6.45) is -0.842. The first-order chi connectivity index (χ1) is 22.0. The summed E-state index contributed by atoms with van der Waals surface area (Å²) in [5.74, 6) is -6.75. The van der Waals surface area contributed by atoms with E-state index in [4.69, 9.17) is 9.90 Å². The van der Waals surface area contributed by atoms with E-state index < -0.39 is 47.7 Å². The monoisotopic (exact) mass is 663 g/mol. The van der Waals surface area contributed by atoms with Crippen molar-refractivity contribution in [2.45, 2.75) is 65.1 Å². The minimum atomic E-state index is -5.08. The molecule has 47 heavy (non-hydrogen) atoms. The second kappa shape index (κ2) is 15.5. The number of carbonyl (C=O) groups is 4. The minimum absolute atomic E-state index is 0.0425. The van der Waals surface area contributed by atoms with Crippen molar-refractivity contribution in [1.29, 1.82) is 0 Å². The van der Waals surface area contributed by atoms with Gasteiger partial charge in [-0.1, -0.05) is 49.1 Å². The van der Waals surface area contributed by atoms with Gasteiger partial charge in [-0.3, -0.25) is 4.79 Å². The molecular formula is C33H34F5N3O6. The number of anilines is 2. The Morgan fingerprint density at radius 1 is 0.787 bits per heavy atom. The standard InChI is InChI=1S/C31H33F2N3O4.C2HF3O2/c1-17-13-18(2)27(19(3)14-17)36-31(40)34-26-16-22(21-10-12-24(32)25(33)15-21)9-11-23(26)29(37)35-28(30(38)39)20-7-5-4-6-8-20;3-2(4,5)1(6)7/h9-16,20,28H,4-8H2,1-3H3,(H,35,37)(H,38,39)(H2,34,36,40);(H,6,7)/t28-;/m0./s1. The number of halogens is 5. The Kier molecular flexibility index (Phi) is 12.0. The zero-order chi connectivity index (χ0) is 35.1. The molecule has 5 N–H and O–H groups in total. The number of carboxylic acids is 2. The van der Waals surface area contributed by atoms with E-state index in [0.29, 0.717) is 29.7 Å². The molecule has 14 heteroatoms. The van der Waals surface area contributed by atoms with E-state index in [1.165, 1.54) is 24.3 Å². The summed E-state index contributed by atoms with van der Waals surface area (Å²) in [5.41, 5.74) is 4.28. The molecule has 1 saturated carbocycles. The van der Waals surface area contributed by atoms with Gasteiger partial charge in [0, 0.05) is 5.69 Å². The summed E-state index contributed by atoms with van der Waals surface area (Å²) in [5, 5.41) is 25.1. The van der Waals surface area contributed by atoms with E-state index >= 15 is 0 Å². The number of alkyl halides is 3. The number of hydrogen-bond acceptors (Lipinski definition) is 4. The molecule has 0 saturated heterocycles. The van der Waals surface area contributed by atoms with Crippen molar-refractivity contribution in [3.8, 4) is 11.1 Å². The van der Waals surface area contributed by atoms with Gasteiger partial charge in [0.05, 0.1) is 11.3 Å². The molecule has 1 aliphatic rings. The molecule has 3 aromatic rings. The first kappa shape index (κ1) is 36.5. The van der Waals surface area contributed by atoms with Crippen LogP contribution in [0.15, 0.2) is 48.5 Å². The van der Waals surface area contributed by atoms with E-state index in [1.807, 2.05) is 32.9 Å². The number of rotatable bonds is 7. The summed E-state index contributed by atoms with van der Waals surface area (Å²) in [7, 11) is 0. The molecule has 0 heterocycles. The highest BCUT2D eigenvalue weighted by Crippen LogP contribution is 2.30. The zero-order valence-corrected chi connectivity index (χ0v) is 25.7. The normalized spacial score (nSPS) is 13.9. The third-order valence-electron chi connectivity index (χ3n) is 7.60. The van der Waals surface area contributed by atoms with E-state index in [-0.39, 0.29) is 17.2 Å². The van der Waals surface area contributed by atoms with Gasteiger partial charge in [-0.05, 0) is 86.1 Å². The zero-order valence-electron chi connectivity index (χ0n) is 25.7. The maximum atomic E-state index is 14.0. The Bertz CT molecular complexity index is 1630. The maximum Gasteiger partial charge on any atom is 0.490 e. The summed E-state index contributed by atoms with van der Waals surface area (Å²) in [6.45, 7) is 5.70. The molecule has 0 radical (unpaired) electrons. The molecule has 3 amide bonds. The fourth-order valence-electron chi connectivity index (χ4n) is 5.41. The fraction of sp³-hybridized carbons (Fsp3) is 0.333. The van der Waals surface area contributed by atoms with Crippen LogP contribution in [0.5, 0.6) is 0 Å². The van der Waals surface area contributed by atoms with Crippen LogP contribution in [-0.4, -0.2) is 46.3 Å². The van der Waals surface area contributed by atoms with Crippen molar-refractivity contribution >= 4 is 35.3 Å². The Morgan fingerprint density at radius 2 is 1.34 bits per heavy atom. The molecule has 0 aliphatic heterocycles. The number of hydrogen-bond donors (Lipinski definition) is 5. The molecule has 1 aliphatic carbocycles. The van der Waals surface area contributed by atoms with Crippen LogP contribution in [0.2, 0.25) is 0 Å². The third-order valence-corrected chi connectivity index (χ3v) is 7.60. The average Bonchev–Trinajstić information content (AvgIpc) is 2.99. The lowest BCUT2D eigenvalue weighted by atomic mass is 9.83. The Labute approximate surface area is 267 Å². The van der Waals surface area contributed by atoms with Crippen LogP contribution in [0.3, 0.4) is 0 Å². The van der Waals surface area contributed by atoms with Crippen molar-refractivity contribution in [2.24, 2.45) is 5.92 Å². The molecular weight excluding hydrogens is 629 g/mol. The average molecular weight is 664 g/mol. The highest BCUT2D eigenvalue weighted by Gasteiger charge is 2.38. The van der Waals surface area contributed by atoms with Crippen molar-refractivity contribution in [2.75, 3.05) is 10.6 Å². The fourth-order valence-corrected chi connectivity index (χ4v) is 5.41. The first-order valence-corrected chi connectivity index (χ1v) is 14.6. The van der Waals surface area contributed by atoms with Crippen LogP contribution in [0, 0.1) is 38.3 Å². The van der Waals surface area contributed by atoms with Gasteiger partial charge in [-0.15, -0.1) is 0 Å². The first-order valence-electron chi connectivity index (χ1n) is 14.6. The lowest BCUT2D eigenvalue weighted by Crippen LogP contribution is -2.46. The number of aryl methyl sites for hydroxylation is 3. The second-order valence-corrected chi connectivity index (χ2v) is 11.2. The largest absolute Gasteiger partial charge is 0.490 e. The van der Waals surface area contributed by atoms with E-state index in [9.17, 15) is 41.4 Å². The topological polar surface area (TPSA) is 145 Å². The van der Waals surface area contributed by atoms with E-state index in [0.717, 1.165) is 48.1 Å². The molecule has 0 bridgehead atoms. The number of urea groups is 1. The molecule has 9 nitrogen and oxygen atoms in total. The lowest BCUT2D eigenvalue weighted by molar-refractivity contribution is -0.192. The third kappa shape index (κ3) is 9.99. The van der Waals surface area contributed by atoms with Crippen LogP contribution in [0.25, 0.3) is 11.1 Å². The van der Waals surface area contributed by atoms with Crippen LogP contribution in [0.1, 0.15) is 59.2 Å². The molecule has 0 unspecified atom stereocenters. The van der Waals surface area contributed by atoms with Gasteiger partial charge in [0.2, 0.25) is 0 Å². The second-order valence-electron chi connectivity index (χ2n) is 11.2. The van der Waals surface area contributed by atoms with Gasteiger partial charge in [0.1, 0.15) is 6.04 Å². The van der Waals surface area contributed by atoms with Crippen molar-refractivity contribution in [1.82, 2.24) is 5.32 Å². The van der Waals surface area contributed by atoms with Gasteiger partial charge in [-0.2, -0.15) is 13.2 Å². The summed E-state index contributed by atoms with van der Waals surface area (Å²) >= 11 is 0. The molecule has 252 valence electrons. The minimum Gasteiger partial charge on any atom is -0.480 e. The predicted molar refractivity (Wildman–Crippen MR) is 164 cm³/mol. The Morgan fingerprint density at radius 3 is 1.87 bits per heavy atom. The van der Waals surface area contributed by atoms with Crippen LogP contribution in [-0.2, 0) is 9.59 Å². The SMILES string of the molecule is Cc1cc(C)c(NC(=O)Nc2cc(-c3ccc(F)c(F)c3)ccc2C(=O)N[C@H](C(=O)O)C2CCCCC2)c(C)c1.O=C(O)C(F)(F)F. The number of carboxylic acid groups (broad SMARTS) is 2. The highest BCUT2D eigenvalue weighted by molar-refractivity contribution is 6.08. The van der Waals surface area contributed by atoms with Gasteiger partial charge in [0.25, 0.3) is 5.91 Å². The van der Waals surface area contributed by atoms with Crippen LogP contribution in [0.4, 0.5) is 38.1 Å². The van der Waals surface area contributed by atoms with Crippen LogP contribution < -0.4 is 16.0 Å². The maximum absolute atomic E-state index is 14.0. The highest BCUT2D eigenvalue weighted by atomic mass is 19.4. The van der Waals surface area contributed by atoms with Gasteiger partial charge >= 0.3 is 24.1 Å². The quantitative estimate of drug-likeness (QED) is 0.165. The summed E-state index contributed by atoms with van der Waals surface area (Å²) in [4.78, 5) is 47.5. The van der Waals surface area contributed by atoms with Crippen molar-refractivity contribution in [3.05, 3.63) is 82.4 Å². The lowest BCUT2D eigenvalue weighted by Gasteiger charge is -2.28.